The third kappa shape index (κ3) is 3.95. The molecule has 1 unspecified atom stereocenters. The topological polar surface area (TPSA) is 61.6 Å². The van der Waals surface area contributed by atoms with Gasteiger partial charge in [-0.3, -0.25) is 10.1 Å². The van der Waals surface area contributed by atoms with Crippen molar-refractivity contribution in [3.8, 4) is 11.5 Å². The Morgan fingerprint density at radius 1 is 1.12 bits per heavy atom. The van der Waals surface area contributed by atoms with Gasteiger partial charge in [0.25, 0.3) is 5.69 Å². The quantitative estimate of drug-likeness (QED) is 0.581. The summed E-state index contributed by atoms with van der Waals surface area (Å²) in [7, 11) is 1.50. The Morgan fingerprint density at radius 2 is 1.75 bits per heavy atom. The van der Waals surface area contributed by atoms with E-state index >= 15 is 0 Å². The van der Waals surface area contributed by atoms with Crippen molar-refractivity contribution in [3.63, 3.8) is 0 Å². The van der Waals surface area contributed by atoms with Gasteiger partial charge < -0.3 is 9.47 Å². The van der Waals surface area contributed by atoms with E-state index in [4.69, 9.17) is 9.47 Å². The third-order valence-corrected chi connectivity index (χ3v) is 3.37. The molecule has 0 N–H and O–H groups in total. The lowest BCUT2D eigenvalue weighted by Crippen LogP contribution is -2.11. The average molecular weight is 341 g/mol. The SMILES string of the molecule is COc1ccc(C(C)Oc2ccc([N+](=O)[O-])cc2C(F)(F)F)cc1. The van der Waals surface area contributed by atoms with Crippen molar-refractivity contribution >= 4 is 5.69 Å². The minimum atomic E-state index is -4.76. The lowest BCUT2D eigenvalue weighted by atomic mass is 10.1. The highest BCUT2D eigenvalue weighted by Gasteiger charge is 2.36. The predicted octanol–water partition coefficient (Wildman–Crippen LogP) is 4.76. The van der Waals surface area contributed by atoms with Crippen LogP contribution in [0.5, 0.6) is 11.5 Å². The van der Waals surface area contributed by atoms with Crippen LogP contribution >= 0.6 is 0 Å². The van der Waals surface area contributed by atoms with Gasteiger partial charge in [-0.15, -0.1) is 0 Å². The summed E-state index contributed by atoms with van der Waals surface area (Å²) in [6.45, 7) is 1.59. The molecule has 5 nitrogen and oxygen atoms in total. The molecule has 0 saturated carbocycles. The van der Waals surface area contributed by atoms with Gasteiger partial charge in [-0.1, -0.05) is 12.1 Å². The molecule has 2 rings (SSSR count). The Kier molecular flexibility index (Phi) is 4.96. The fraction of sp³-hybridized carbons (Fsp3) is 0.250. The normalized spacial score (nSPS) is 12.5. The van der Waals surface area contributed by atoms with E-state index in [9.17, 15) is 23.3 Å². The Labute approximate surface area is 135 Å². The smallest absolute Gasteiger partial charge is 0.420 e. The Morgan fingerprint density at radius 3 is 2.25 bits per heavy atom. The van der Waals surface area contributed by atoms with Gasteiger partial charge >= 0.3 is 6.18 Å². The van der Waals surface area contributed by atoms with Gasteiger partial charge in [-0.2, -0.15) is 13.2 Å². The van der Waals surface area contributed by atoms with Gasteiger partial charge in [0, 0.05) is 12.1 Å². The summed E-state index contributed by atoms with van der Waals surface area (Å²) in [6, 6.07) is 9.07. The van der Waals surface area contributed by atoms with Crippen LogP contribution in [0.2, 0.25) is 0 Å². The number of rotatable bonds is 5. The molecule has 0 aliphatic carbocycles. The van der Waals surface area contributed by atoms with Crippen LogP contribution in [0.1, 0.15) is 24.2 Å². The molecule has 128 valence electrons. The molecule has 0 aliphatic rings. The molecule has 0 bridgehead atoms. The van der Waals surface area contributed by atoms with Crippen molar-refractivity contribution < 1.29 is 27.6 Å². The van der Waals surface area contributed by atoms with Crippen LogP contribution in [0.25, 0.3) is 0 Å². The summed E-state index contributed by atoms with van der Waals surface area (Å²) in [4.78, 5) is 9.80. The van der Waals surface area contributed by atoms with Crippen molar-refractivity contribution in [2.45, 2.75) is 19.2 Å². The fourth-order valence-electron chi connectivity index (χ4n) is 2.09. The first-order valence-electron chi connectivity index (χ1n) is 6.88. The number of nitrogens with zero attached hydrogens (tertiary/aromatic N) is 1. The number of ether oxygens (including phenoxy) is 2. The van der Waals surface area contributed by atoms with Crippen molar-refractivity contribution in [2.75, 3.05) is 7.11 Å². The van der Waals surface area contributed by atoms with Crippen molar-refractivity contribution in [1.82, 2.24) is 0 Å². The van der Waals surface area contributed by atoms with E-state index in [-0.39, 0.29) is 0 Å². The highest BCUT2D eigenvalue weighted by Crippen LogP contribution is 2.39. The summed E-state index contributed by atoms with van der Waals surface area (Å²) in [5.41, 5.74) is -1.19. The molecule has 0 spiro atoms. The monoisotopic (exact) mass is 341 g/mol. The van der Waals surface area contributed by atoms with Gasteiger partial charge in [0.2, 0.25) is 0 Å². The number of benzene rings is 2. The molecule has 0 heterocycles. The average Bonchev–Trinajstić information content (AvgIpc) is 2.54. The second-order valence-corrected chi connectivity index (χ2v) is 4.97. The summed E-state index contributed by atoms with van der Waals surface area (Å²) in [5, 5.41) is 10.7. The summed E-state index contributed by atoms with van der Waals surface area (Å²) in [5.74, 6) is 0.147. The van der Waals surface area contributed by atoms with E-state index in [1.165, 1.54) is 7.11 Å². The molecule has 0 aliphatic heterocycles. The highest BCUT2D eigenvalue weighted by molar-refractivity contribution is 5.45. The molecule has 1 atom stereocenters. The second-order valence-electron chi connectivity index (χ2n) is 4.97. The molecule has 2 aromatic carbocycles. The van der Waals surface area contributed by atoms with E-state index in [0.29, 0.717) is 17.4 Å². The number of alkyl halides is 3. The molecule has 0 aromatic heterocycles. The Hall–Kier alpha value is -2.77. The number of non-ortho nitro benzene ring substituents is 1. The molecule has 8 heteroatoms. The first kappa shape index (κ1) is 17.6. The zero-order valence-corrected chi connectivity index (χ0v) is 12.8. The standard InChI is InChI=1S/C16H14F3NO4/c1-10(11-3-6-13(23-2)7-4-11)24-15-8-5-12(20(21)22)9-14(15)16(17,18)19/h3-10H,1-2H3. The van der Waals surface area contributed by atoms with Crippen LogP contribution in [0.3, 0.4) is 0 Å². The number of methoxy groups -OCH3 is 1. The second kappa shape index (κ2) is 6.77. The van der Waals surface area contributed by atoms with E-state index in [0.717, 1.165) is 12.1 Å². The maximum absolute atomic E-state index is 13.1. The van der Waals surface area contributed by atoms with Gasteiger partial charge in [-0.05, 0) is 30.7 Å². The van der Waals surface area contributed by atoms with Crippen LogP contribution in [0.15, 0.2) is 42.5 Å². The molecule has 0 fully saturated rings. The Balaban J connectivity index is 2.32. The Bertz CT molecular complexity index is 729. The van der Waals surface area contributed by atoms with E-state index in [2.05, 4.69) is 0 Å². The first-order valence-corrected chi connectivity index (χ1v) is 6.88. The van der Waals surface area contributed by atoms with Crippen LogP contribution in [-0.2, 0) is 6.18 Å². The lowest BCUT2D eigenvalue weighted by Gasteiger charge is -2.19. The number of hydrogen-bond acceptors (Lipinski definition) is 4. The molecular weight excluding hydrogens is 327 g/mol. The van der Waals surface area contributed by atoms with E-state index in [1.54, 1.807) is 31.2 Å². The molecular formula is C16H14F3NO4. The molecule has 24 heavy (non-hydrogen) atoms. The predicted molar refractivity (Wildman–Crippen MR) is 80.1 cm³/mol. The minimum Gasteiger partial charge on any atom is -0.497 e. The number of hydrogen-bond donors (Lipinski definition) is 0. The molecule has 0 amide bonds. The largest absolute Gasteiger partial charge is 0.497 e. The van der Waals surface area contributed by atoms with Crippen LogP contribution in [0, 0.1) is 10.1 Å². The maximum Gasteiger partial charge on any atom is 0.420 e. The van der Waals surface area contributed by atoms with Crippen LogP contribution in [0.4, 0.5) is 18.9 Å². The van der Waals surface area contributed by atoms with Crippen molar-refractivity contribution in [2.24, 2.45) is 0 Å². The lowest BCUT2D eigenvalue weighted by molar-refractivity contribution is -0.385. The third-order valence-electron chi connectivity index (χ3n) is 3.37. The molecule has 0 radical (unpaired) electrons. The molecule has 0 saturated heterocycles. The van der Waals surface area contributed by atoms with Crippen LogP contribution in [-0.4, -0.2) is 12.0 Å². The highest BCUT2D eigenvalue weighted by atomic mass is 19.4. The number of nitro groups is 1. The van der Waals surface area contributed by atoms with E-state index < -0.39 is 34.2 Å². The van der Waals surface area contributed by atoms with Crippen molar-refractivity contribution in [1.29, 1.82) is 0 Å². The van der Waals surface area contributed by atoms with E-state index in [1.807, 2.05) is 0 Å². The first-order chi connectivity index (χ1) is 11.2. The zero-order valence-electron chi connectivity index (χ0n) is 12.8. The summed E-state index contributed by atoms with van der Waals surface area (Å²) >= 11 is 0. The maximum atomic E-state index is 13.1. The fourth-order valence-corrected chi connectivity index (χ4v) is 2.09. The van der Waals surface area contributed by atoms with Gasteiger partial charge in [0.05, 0.1) is 12.0 Å². The van der Waals surface area contributed by atoms with Gasteiger partial charge in [-0.25, -0.2) is 0 Å². The molecule has 2 aromatic rings. The van der Waals surface area contributed by atoms with Crippen molar-refractivity contribution in [3.05, 3.63) is 63.7 Å². The van der Waals surface area contributed by atoms with Gasteiger partial charge in [0.15, 0.2) is 0 Å². The van der Waals surface area contributed by atoms with Crippen LogP contribution < -0.4 is 9.47 Å². The summed E-state index contributed by atoms with van der Waals surface area (Å²) < 4.78 is 49.8. The minimum absolute atomic E-state index is 0.462. The van der Waals surface area contributed by atoms with Gasteiger partial charge in [0.1, 0.15) is 23.2 Å². The zero-order chi connectivity index (χ0) is 17.9. The number of halogens is 3. The summed E-state index contributed by atoms with van der Waals surface area (Å²) in [6.07, 6.45) is -5.44. The number of nitro benzene ring substituents is 1.